The van der Waals surface area contributed by atoms with Crippen LogP contribution < -0.4 is 0 Å². The summed E-state index contributed by atoms with van der Waals surface area (Å²) in [5.41, 5.74) is 3.16. The second kappa shape index (κ2) is 7.63. The quantitative estimate of drug-likeness (QED) is 0.768. The van der Waals surface area contributed by atoms with Gasteiger partial charge in [0.1, 0.15) is 0 Å². The number of allylic oxidation sites excluding steroid dienone is 3. The van der Waals surface area contributed by atoms with Crippen molar-refractivity contribution in [1.29, 1.82) is 5.26 Å². The van der Waals surface area contributed by atoms with E-state index in [1.165, 1.54) is 4.90 Å². The number of benzene rings is 1. The first-order valence-electron chi connectivity index (χ1n) is 6.08. The Bertz CT molecular complexity index is 625. The molecule has 0 aliphatic carbocycles. The summed E-state index contributed by atoms with van der Waals surface area (Å²) in [7, 11) is 0. The van der Waals surface area contributed by atoms with Crippen LogP contribution in [0.2, 0.25) is 0 Å². The van der Waals surface area contributed by atoms with E-state index >= 15 is 0 Å². The Morgan fingerprint density at radius 2 is 1.95 bits per heavy atom. The van der Waals surface area contributed by atoms with Crippen LogP contribution in [0.5, 0.6) is 0 Å². The zero-order chi connectivity index (χ0) is 14.7. The third kappa shape index (κ3) is 4.09. The zero-order valence-electron chi connectivity index (χ0n) is 11.6. The Morgan fingerprint density at radius 1 is 1.33 bits per heavy atom. The summed E-state index contributed by atoms with van der Waals surface area (Å²) in [6, 6.07) is 8.77. The number of rotatable bonds is 3. The number of hydrogen-bond donors (Lipinski definition) is 0. The molecule has 1 aromatic rings. The zero-order valence-corrected chi connectivity index (χ0v) is 14.4. The first kappa shape index (κ1) is 17.7. The van der Waals surface area contributed by atoms with Crippen molar-refractivity contribution in [1.82, 2.24) is 4.90 Å². The molecule has 0 bridgehead atoms. The van der Waals surface area contributed by atoms with E-state index in [0.717, 1.165) is 11.1 Å². The van der Waals surface area contributed by atoms with Gasteiger partial charge in [-0.3, -0.25) is 0 Å². The van der Waals surface area contributed by atoms with Crippen LogP contribution in [-0.2, 0) is 32.7 Å². The molecule has 1 aromatic carbocycles. The standard InChI is InChI=1S/C16H13F2N2.Y/c1-11-3-8-15(20(12(11)2)10-16(17)18)14-6-4-13(9-19)5-7-14;/h3-7,16H,2,10H2,1H3;/q-1;. The van der Waals surface area contributed by atoms with Crippen LogP contribution in [0, 0.1) is 17.4 Å². The summed E-state index contributed by atoms with van der Waals surface area (Å²) < 4.78 is 25.5. The largest absolute Gasteiger partial charge is 0.370 e. The van der Waals surface area contributed by atoms with Gasteiger partial charge in [0, 0.05) is 38.3 Å². The molecule has 2 nitrogen and oxygen atoms in total. The van der Waals surface area contributed by atoms with Crippen molar-refractivity contribution < 1.29 is 41.5 Å². The van der Waals surface area contributed by atoms with Crippen LogP contribution in [0.1, 0.15) is 18.1 Å². The molecule has 5 heteroatoms. The van der Waals surface area contributed by atoms with E-state index in [9.17, 15) is 8.78 Å². The number of alkyl halides is 2. The topological polar surface area (TPSA) is 27.0 Å². The normalized spacial score (nSPS) is 14.2. The molecule has 0 amide bonds. The molecule has 0 fully saturated rings. The van der Waals surface area contributed by atoms with Crippen LogP contribution in [0.3, 0.4) is 0 Å². The van der Waals surface area contributed by atoms with Crippen molar-refractivity contribution in [3.05, 3.63) is 65.4 Å². The number of halogens is 2. The third-order valence-electron chi connectivity index (χ3n) is 3.08. The first-order chi connectivity index (χ1) is 9.52. The smallest absolute Gasteiger partial charge is 0.256 e. The summed E-state index contributed by atoms with van der Waals surface area (Å²) in [5.74, 6) is 0. The summed E-state index contributed by atoms with van der Waals surface area (Å²) in [6.07, 6.45) is 2.28. The van der Waals surface area contributed by atoms with Gasteiger partial charge in [0.25, 0.3) is 6.43 Å². The molecule has 0 saturated heterocycles. The van der Waals surface area contributed by atoms with Crippen molar-refractivity contribution in [2.75, 3.05) is 6.54 Å². The van der Waals surface area contributed by atoms with Crippen LogP contribution in [-0.4, -0.2) is 17.9 Å². The predicted octanol–water partition coefficient (Wildman–Crippen LogP) is 3.74. The Balaban J connectivity index is 0.00000220. The van der Waals surface area contributed by atoms with Crippen molar-refractivity contribution in [3.8, 4) is 6.07 Å². The maximum Gasteiger partial charge on any atom is 0.256 e. The number of hydrogen-bond acceptors (Lipinski definition) is 2. The summed E-state index contributed by atoms with van der Waals surface area (Å²) >= 11 is 0. The van der Waals surface area contributed by atoms with Crippen LogP contribution in [0.15, 0.2) is 48.2 Å². The van der Waals surface area contributed by atoms with E-state index in [4.69, 9.17) is 5.26 Å². The maximum absolute atomic E-state index is 12.7. The van der Waals surface area contributed by atoms with Crippen molar-refractivity contribution in [2.45, 2.75) is 13.3 Å². The third-order valence-corrected chi connectivity index (χ3v) is 3.08. The van der Waals surface area contributed by atoms with E-state index in [2.05, 4.69) is 12.7 Å². The molecule has 0 aromatic heterocycles. The van der Waals surface area contributed by atoms with Crippen molar-refractivity contribution in [2.24, 2.45) is 0 Å². The minimum atomic E-state index is -2.46. The molecular formula is C16H13F2N2Y-. The number of nitrogens with zero attached hydrogens (tertiary/aromatic N) is 2. The molecule has 0 atom stereocenters. The van der Waals surface area contributed by atoms with Crippen molar-refractivity contribution >= 4 is 5.70 Å². The van der Waals surface area contributed by atoms with Gasteiger partial charge in [-0.15, -0.1) is 17.7 Å². The molecule has 21 heavy (non-hydrogen) atoms. The fraction of sp³-hybridized carbons (Fsp3) is 0.188. The summed E-state index contributed by atoms with van der Waals surface area (Å²) in [6.45, 7) is 5.23. The molecule has 1 radical (unpaired) electrons. The van der Waals surface area contributed by atoms with Gasteiger partial charge >= 0.3 is 0 Å². The van der Waals surface area contributed by atoms with Crippen molar-refractivity contribution in [3.63, 3.8) is 0 Å². The fourth-order valence-electron chi connectivity index (χ4n) is 1.97. The van der Waals surface area contributed by atoms with Crippen LogP contribution >= 0.6 is 0 Å². The van der Waals surface area contributed by atoms with Gasteiger partial charge in [-0.25, -0.2) is 8.78 Å². The fourth-order valence-corrected chi connectivity index (χ4v) is 1.97. The van der Waals surface area contributed by atoms with Gasteiger partial charge in [0.2, 0.25) is 0 Å². The van der Waals surface area contributed by atoms with E-state index in [0.29, 0.717) is 17.0 Å². The monoisotopic (exact) mass is 360 g/mol. The Hall–Kier alpha value is -1.31. The number of nitriles is 1. The summed E-state index contributed by atoms with van der Waals surface area (Å²) in [4.78, 5) is 1.46. The Labute approximate surface area is 148 Å². The molecule has 0 unspecified atom stereocenters. The molecule has 0 spiro atoms. The average Bonchev–Trinajstić information content (AvgIpc) is 2.44. The van der Waals surface area contributed by atoms with Gasteiger partial charge in [-0.05, 0) is 5.70 Å². The second-order valence-corrected chi connectivity index (χ2v) is 4.46. The van der Waals surface area contributed by atoms with Gasteiger partial charge in [-0.2, -0.15) is 17.4 Å². The molecule has 1 aliphatic heterocycles. The Morgan fingerprint density at radius 3 is 2.48 bits per heavy atom. The average molecular weight is 360 g/mol. The molecule has 105 valence electrons. The van der Waals surface area contributed by atoms with Crippen LogP contribution in [0.25, 0.3) is 5.70 Å². The van der Waals surface area contributed by atoms with E-state index < -0.39 is 13.0 Å². The molecule has 2 rings (SSSR count). The van der Waals surface area contributed by atoms with Gasteiger partial charge in [-0.1, -0.05) is 36.9 Å². The molecular weight excluding hydrogens is 347 g/mol. The minimum Gasteiger partial charge on any atom is -0.370 e. The minimum absolute atomic E-state index is 0. The molecule has 0 N–H and O–H groups in total. The second-order valence-electron chi connectivity index (χ2n) is 4.46. The van der Waals surface area contributed by atoms with E-state index in [1.54, 1.807) is 30.3 Å². The molecule has 0 saturated carbocycles. The first-order valence-corrected chi connectivity index (χ1v) is 6.08. The molecule has 1 heterocycles. The summed E-state index contributed by atoms with van der Waals surface area (Å²) in [5, 5.41) is 8.78. The van der Waals surface area contributed by atoms with Gasteiger partial charge < -0.3 is 4.90 Å². The van der Waals surface area contributed by atoms with E-state index in [-0.39, 0.29) is 32.7 Å². The molecule has 1 aliphatic rings. The maximum atomic E-state index is 12.7. The Kier molecular flexibility index (Phi) is 6.45. The SMILES string of the molecule is C=C1C(C)=C[C-]=C(c2ccc(C#N)cc2)N1CC(F)F.[Y]. The predicted molar refractivity (Wildman–Crippen MR) is 73.4 cm³/mol. The van der Waals surface area contributed by atoms with Gasteiger partial charge in [0.05, 0.1) is 12.6 Å². The van der Waals surface area contributed by atoms with Crippen LogP contribution in [0.4, 0.5) is 8.78 Å². The van der Waals surface area contributed by atoms with E-state index in [1.807, 2.05) is 13.0 Å². The van der Waals surface area contributed by atoms with Gasteiger partial charge in [0.15, 0.2) is 0 Å².